The fourth-order valence-electron chi connectivity index (χ4n) is 0.844. The number of methoxy groups -OCH3 is 1. The molecule has 14 heavy (non-hydrogen) atoms. The molecule has 4 nitrogen and oxygen atoms in total. The van der Waals surface area contributed by atoms with Gasteiger partial charge < -0.3 is 4.74 Å². The number of ether oxygens (including phenoxy) is 1. The minimum Gasteiger partial charge on any atom is -0.467 e. The molecule has 1 unspecified atom stereocenters. The summed E-state index contributed by atoms with van der Waals surface area (Å²) in [5.41, 5.74) is 0. The van der Waals surface area contributed by atoms with Gasteiger partial charge in [-0.15, -0.1) is 0 Å². The fourth-order valence-corrected chi connectivity index (χ4v) is 1.06. The summed E-state index contributed by atoms with van der Waals surface area (Å²) in [5.74, 6) is -0.409. The van der Waals surface area contributed by atoms with E-state index in [2.05, 4.69) is 49.5 Å². The molecular formula is C8H10N2O2S2. The van der Waals surface area contributed by atoms with Gasteiger partial charge in [-0.2, -0.15) is 0 Å². The van der Waals surface area contributed by atoms with Crippen molar-refractivity contribution in [3.8, 4) is 0 Å². The Labute approximate surface area is 93.1 Å². The van der Waals surface area contributed by atoms with Crippen molar-refractivity contribution in [2.24, 2.45) is 9.98 Å². The van der Waals surface area contributed by atoms with E-state index in [9.17, 15) is 4.79 Å². The lowest BCUT2D eigenvalue weighted by atomic mass is 10.2. The van der Waals surface area contributed by atoms with E-state index >= 15 is 0 Å². The van der Waals surface area contributed by atoms with E-state index in [1.165, 1.54) is 7.11 Å². The highest BCUT2D eigenvalue weighted by atomic mass is 32.1. The molecule has 0 aromatic carbocycles. The molecule has 0 fully saturated rings. The molecule has 0 saturated heterocycles. The quantitative estimate of drug-likeness (QED) is 0.300. The van der Waals surface area contributed by atoms with Crippen molar-refractivity contribution in [2.75, 3.05) is 13.7 Å². The average molecular weight is 230 g/mol. The summed E-state index contributed by atoms with van der Waals surface area (Å²) >= 11 is 8.82. The van der Waals surface area contributed by atoms with Gasteiger partial charge in [-0.3, -0.25) is 0 Å². The van der Waals surface area contributed by atoms with Gasteiger partial charge in [-0.25, -0.2) is 14.8 Å². The Balaban J connectivity index is 4.03. The highest BCUT2D eigenvalue weighted by Crippen LogP contribution is 2.03. The minimum atomic E-state index is -0.571. The van der Waals surface area contributed by atoms with Crippen LogP contribution in [0, 0.1) is 0 Å². The number of carbonyl (C=O) groups excluding carboxylic acids is 1. The third-order valence-corrected chi connectivity index (χ3v) is 1.73. The lowest BCUT2D eigenvalue weighted by molar-refractivity contribution is -0.142. The van der Waals surface area contributed by atoms with Gasteiger partial charge in [-0.05, 0) is 37.3 Å². The van der Waals surface area contributed by atoms with E-state index in [1.54, 1.807) is 0 Å². The zero-order valence-corrected chi connectivity index (χ0v) is 9.36. The third kappa shape index (κ3) is 5.67. The van der Waals surface area contributed by atoms with Crippen molar-refractivity contribution in [2.45, 2.75) is 18.9 Å². The highest BCUT2D eigenvalue weighted by molar-refractivity contribution is 7.78. The van der Waals surface area contributed by atoms with Crippen molar-refractivity contribution in [3.63, 3.8) is 0 Å². The number of nitrogens with zero attached hydrogens (tertiary/aromatic N) is 2. The standard InChI is InChI=1S/C8H10N2O2S2/c1-12-8(11)7(10-6-14)3-2-4-9-5-13/h7H,2-4H2,1H3. The average Bonchev–Trinajstić information content (AvgIpc) is 2.21. The molecule has 0 aliphatic rings. The van der Waals surface area contributed by atoms with Crippen LogP contribution in [0.5, 0.6) is 0 Å². The first-order chi connectivity index (χ1) is 6.76. The topological polar surface area (TPSA) is 51.0 Å². The van der Waals surface area contributed by atoms with Crippen LogP contribution in [-0.2, 0) is 9.53 Å². The van der Waals surface area contributed by atoms with Gasteiger partial charge in [0.15, 0.2) is 6.04 Å². The summed E-state index contributed by atoms with van der Waals surface area (Å²) in [6, 6.07) is -0.571. The molecule has 0 rings (SSSR count). The van der Waals surface area contributed by atoms with Crippen LogP contribution in [0.15, 0.2) is 9.98 Å². The highest BCUT2D eigenvalue weighted by Gasteiger charge is 2.16. The van der Waals surface area contributed by atoms with Crippen LogP contribution < -0.4 is 0 Å². The van der Waals surface area contributed by atoms with Crippen molar-refractivity contribution in [1.82, 2.24) is 0 Å². The second kappa shape index (κ2) is 8.66. The Morgan fingerprint density at radius 3 is 2.71 bits per heavy atom. The number of isothiocyanates is 2. The van der Waals surface area contributed by atoms with Crippen LogP contribution in [0.2, 0.25) is 0 Å². The summed E-state index contributed by atoms with van der Waals surface area (Å²) < 4.78 is 4.54. The summed E-state index contributed by atoms with van der Waals surface area (Å²) in [7, 11) is 1.31. The van der Waals surface area contributed by atoms with Crippen LogP contribution in [0.4, 0.5) is 0 Å². The van der Waals surface area contributed by atoms with E-state index in [0.717, 1.165) is 0 Å². The predicted molar refractivity (Wildman–Crippen MR) is 60.0 cm³/mol. The van der Waals surface area contributed by atoms with Gasteiger partial charge >= 0.3 is 5.97 Å². The number of hydrogen-bond donors (Lipinski definition) is 0. The number of aliphatic imine (C=N–C) groups is 2. The number of carbonyl (C=O) groups is 1. The molecule has 76 valence electrons. The van der Waals surface area contributed by atoms with Crippen molar-refractivity contribution < 1.29 is 9.53 Å². The van der Waals surface area contributed by atoms with Crippen LogP contribution in [-0.4, -0.2) is 36.0 Å². The Bertz CT molecular complexity index is 281. The molecule has 0 amide bonds. The number of thiocarbonyl (C=S) groups is 2. The lowest BCUT2D eigenvalue weighted by Crippen LogP contribution is -2.20. The smallest absolute Gasteiger partial charge is 0.331 e. The van der Waals surface area contributed by atoms with E-state index in [-0.39, 0.29) is 0 Å². The lowest BCUT2D eigenvalue weighted by Gasteiger charge is -2.06. The van der Waals surface area contributed by atoms with Gasteiger partial charge in [0.05, 0.1) is 17.4 Å². The molecule has 0 heterocycles. The first-order valence-corrected chi connectivity index (χ1v) is 4.76. The molecule has 0 aliphatic heterocycles. The zero-order chi connectivity index (χ0) is 10.8. The number of esters is 1. The SMILES string of the molecule is COC(=O)C(CCCN=C=S)N=C=S. The van der Waals surface area contributed by atoms with E-state index < -0.39 is 12.0 Å². The second-order valence-corrected chi connectivity index (χ2v) is 2.74. The summed E-state index contributed by atoms with van der Waals surface area (Å²) in [4.78, 5) is 18.5. The predicted octanol–water partition coefficient (Wildman–Crippen LogP) is 1.51. The number of rotatable bonds is 6. The second-order valence-electron chi connectivity index (χ2n) is 2.37. The summed E-state index contributed by atoms with van der Waals surface area (Å²) in [6.45, 7) is 0.532. The third-order valence-electron chi connectivity index (χ3n) is 1.49. The molecule has 0 radical (unpaired) electrons. The molecule has 1 atom stereocenters. The Morgan fingerprint density at radius 2 is 2.21 bits per heavy atom. The zero-order valence-electron chi connectivity index (χ0n) is 7.73. The fraction of sp³-hybridized carbons (Fsp3) is 0.625. The van der Waals surface area contributed by atoms with E-state index in [0.29, 0.717) is 19.4 Å². The Kier molecular flexibility index (Phi) is 8.08. The Morgan fingerprint density at radius 1 is 1.50 bits per heavy atom. The van der Waals surface area contributed by atoms with E-state index in [1.807, 2.05) is 0 Å². The van der Waals surface area contributed by atoms with Gasteiger partial charge in [0.2, 0.25) is 0 Å². The Hall–Kier alpha value is -0.930. The van der Waals surface area contributed by atoms with Crippen molar-refractivity contribution in [3.05, 3.63) is 0 Å². The first kappa shape index (κ1) is 13.1. The van der Waals surface area contributed by atoms with Crippen LogP contribution in [0.3, 0.4) is 0 Å². The monoisotopic (exact) mass is 230 g/mol. The molecule has 0 aromatic heterocycles. The first-order valence-electron chi connectivity index (χ1n) is 3.94. The van der Waals surface area contributed by atoms with Gasteiger partial charge in [0.25, 0.3) is 0 Å². The number of hydrogen-bond acceptors (Lipinski definition) is 6. The molecule has 0 aliphatic carbocycles. The maximum Gasteiger partial charge on any atom is 0.331 e. The molecule has 0 bridgehead atoms. The van der Waals surface area contributed by atoms with Crippen molar-refractivity contribution in [1.29, 1.82) is 0 Å². The van der Waals surface area contributed by atoms with Crippen LogP contribution in [0.25, 0.3) is 0 Å². The molecule has 6 heteroatoms. The molecule has 0 N–H and O–H groups in total. The van der Waals surface area contributed by atoms with Crippen LogP contribution in [0.1, 0.15) is 12.8 Å². The summed E-state index contributed by atoms with van der Waals surface area (Å²) in [6.07, 6.45) is 1.21. The minimum absolute atomic E-state index is 0.409. The van der Waals surface area contributed by atoms with Crippen LogP contribution >= 0.6 is 24.4 Å². The normalized spacial score (nSPS) is 10.6. The van der Waals surface area contributed by atoms with Gasteiger partial charge in [0, 0.05) is 6.54 Å². The summed E-state index contributed by atoms with van der Waals surface area (Å²) in [5, 5.41) is 4.41. The molecule has 0 spiro atoms. The molecule has 0 aromatic rings. The van der Waals surface area contributed by atoms with Gasteiger partial charge in [-0.1, -0.05) is 0 Å². The van der Waals surface area contributed by atoms with Gasteiger partial charge in [0.1, 0.15) is 0 Å². The maximum atomic E-state index is 11.1. The van der Waals surface area contributed by atoms with E-state index in [4.69, 9.17) is 0 Å². The van der Waals surface area contributed by atoms with Crippen molar-refractivity contribution >= 4 is 40.7 Å². The maximum absolute atomic E-state index is 11.1. The largest absolute Gasteiger partial charge is 0.467 e. The molecular weight excluding hydrogens is 220 g/mol. The molecule has 0 saturated carbocycles.